The summed E-state index contributed by atoms with van der Waals surface area (Å²) in [7, 11) is 0. The van der Waals surface area contributed by atoms with Crippen LogP contribution in [-0.4, -0.2) is 27.2 Å². The highest BCUT2D eigenvalue weighted by Gasteiger charge is 2.17. The van der Waals surface area contributed by atoms with Crippen LogP contribution in [0.3, 0.4) is 0 Å². The van der Waals surface area contributed by atoms with Crippen LogP contribution in [0.15, 0.2) is 36.4 Å². The van der Waals surface area contributed by atoms with Crippen molar-refractivity contribution in [3.05, 3.63) is 47.7 Å². The van der Waals surface area contributed by atoms with Gasteiger partial charge in [-0.15, -0.1) is 5.10 Å². The predicted molar refractivity (Wildman–Crippen MR) is 73.0 cm³/mol. The zero-order valence-electron chi connectivity index (χ0n) is 11.1. The first-order chi connectivity index (χ1) is 9.49. The maximum absolute atomic E-state index is 11.8. The Morgan fingerprint density at radius 1 is 1.15 bits per heavy atom. The molecule has 0 saturated heterocycles. The summed E-state index contributed by atoms with van der Waals surface area (Å²) in [5.74, 6) is -0.971. The Morgan fingerprint density at radius 3 is 2.45 bits per heavy atom. The predicted octanol–water partition coefficient (Wildman–Crippen LogP) is 2.17. The number of carboxylic acids is 1. The Balaban J connectivity index is 2.48. The van der Waals surface area contributed by atoms with Crippen molar-refractivity contribution in [1.29, 1.82) is 0 Å². The minimum absolute atomic E-state index is 0.105. The highest BCUT2D eigenvalue weighted by molar-refractivity contribution is 5.99. The summed E-state index contributed by atoms with van der Waals surface area (Å²) in [6, 6.07) is 9.51. The molecule has 0 atom stereocenters. The van der Waals surface area contributed by atoms with E-state index in [1.807, 2.05) is 0 Å². The lowest BCUT2D eigenvalue weighted by Crippen LogP contribution is -2.24. The number of carboxylic acid groups (broad SMARTS) is 1. The first-order valence-corrected chi connectivity index (χ1v) is 5.93. The Morgan fingerprint density at radius 2 is 1.90 bits per heavy atom. The lowest BCUT2D eigenvalue weighted by Gasteiger charge is -2.19. The minimum atomic E-state index is -1.05. The molecule has 1 amide bonds. The molecule has 0 radical (unpaired) electrons. The van der Waals surface area contributed by atoms with Gasteiger partial charge in [-0.25, -0.2) is 4.79 Å². The fourth-order valence-electron chi connectivity index (χ4n) is 1.76. The van der Waals surface area contributed by atoms with Crippen LogP contribution in [0.5, 0.6) is 0 Å². The Kier molecular flexibility index (Phi) is 3.74. The second kappa shape index (κ2) is 5.48. The zero-order valence-corrected chi connectivity index (χ0v) is 11.1. The van der Waals surface area contributed by atoms with E-state index in [1.54, 1.807) is 31.2 Å². The Labute approximate surface area is 115 Å². The van der Waals surface area contributed by atoms with E-state index < -0.39 is 5.97 Å². The number of amides is 1. The third kappa shape index (κ3) is 2.80. The van der Waals surface area contributed by atoms with Crippen molar-refractivity contribution >= 4 is 23.4 Å². The van der Waals surface area contributed by atoms with Crippen LogP contribution in [0.2, 0.25) is 0 Å². The number of aryl methyl sites for hydroxylation is 1. The van der Waals surface area contributed by atoms with Gasteiger partial charge in [0.2, 0.25) is 5.91 Å². The van der Waals surface area contributed by atoms with Gasteiger partial charge in [0.25, 0.3) is 0 Å². The lowest BCUT2D eigenvalue weighted by molar-refractivity contribution is -0.115. The summed E-state index contributed by atoms with van der Waals surface area (Å²) in [5, 5.41) is 16.9. The van der Waals surface area contributed by atoms with E-state index in [4.69, 9.17) is 5.11 Å². The monoisotopic (exact) mass is 271 g/mol. The van der Waals surface area contributed by atoms with E-state index in [1.165, 1.54) is 24.0 Å². The summed E-state index contributed by atoms with van der Waals surface area (Å²) < 4.78 is 0. The van der Waals surface area contributed by atoms with Crippen molar-refractivity contribution in [2.24, 2.45) is 0 Å². The van der Waals surface area contributed by atoms with Gasteiger partial charge in [0.1, 0.15) is 0 Å². The van der Waals surface area contributed by atoms with Crippen LogP contribution in [0, 0.1) is 6.92 Å². The highest BCUT2D eigenvalue weighted by Crippen LogP contribution is 2.24. The van der Waals surface area contributed by atoms with Gasteiger partial charge in [0.05, 0.1) is 16.9 Å². The molecule has 6 heteroatoms. The molecule has 0 aliphatic carbocycles. The van der Waals surface area contributed by atoms with Gasteiger partial charge >= 0.3 is 5.97 Å². The molecule has 0 saturated carbocycles. The van der Waals surface area contributed by atoms with E-state index >= 15 is 0 Å². The topological polar surface area (TPSA) is 83.4 Å². The molecular formula is C14H13N3O3. The van der Waals surface area contributed by atoms with Crippen molar-refractivity contribution in [3.8, 4) is 0 Å². The van der Waals surface area contributed by atoms with Gasteiger partial charge < -0.3 is 5.11 Å². The molecule has 0 bridgehead atoms. The standard InChI is InChI=1S/C14H13N3O3/c1-9-6-7-13(16-15-9)17(10(2)18)12-5-3-4-11(8-12)14(19)20/h3-8H,1-2H3,(H,19,20). The number of carbonyl (C=O) groups is 2. The van der Waals surface area contributed by atoms with Crippen LogP contribution in [-0.2, 0) is 4.79 Å². The van der Waals surface area contributed by atoms with Gasteiger partial charge in [-0.1, -0.05) is 6.07 Å². The number of aromatic carboxylic acids is 1. The maximum atomic E-state index is 11.8. The molecule has 0 fully saturated rings. The van der Waals surface area contributed by atoms with Crippen LogP contribution >= 0.6 is 0 Å². The molecule has 6 nitrogen and oxygen atoms in total. The summed E-state index contributed by atoms with van der Waals surface area (Å²) >= 11 is 0. The number of rotatable bonds is 3. The molecule has 1 aromatic carbocycles. The number of hydrogen-bond acceptors (Lipinski definition) is 4. The number of nitrogens with zero attached hydrogens (tertiary/aromatic N) is 3. The molecule has 102 valence electrons. The summed E-state index contributed by atoms with van der Waals surface area (Å²) in [4.78, 5) is 24.1. The zero-order chi connectivity index (χ0) is 14.7. The van der Waals surface area contributed by atoms with Crippen molar-refractivity contribution in [2.75, 3.05) is 4.90 Å². The largest absolute Gasteiger partial charge is 0.478 e. The van der Waals surface area contributed by atoms with E-state index in [9.17, 15) is 9.59 Å². The Hall–Kier alpha value is -2.76. The average molecular weight is 271 g/mol. The third-order valence-corrected chi connectivity index (χ3v) is 2.68. The number of benzene rings is 1. The molecule has 20 heavy (non-hydrogen) atoms. The third-order valence-electron chi connectivity index (χ3n) is 2.68. The fourth-order valence-corrected chi connectivity index (χ4v) is 1.76. The number of anilines is 2. The van der Waals surface area contributed by atoms with Crippen LogP contribution in [0.4, 0.5) is 11.5 Å². The van der Waals surface area contributed by atoms with Crippen molar-refractivity contribution in [2.45, 2.75) is 13.8 Å². The highest BCUT2D eigenvalue weighted by atomic mass is 16.4. The van der Waals surface area contributed by atoms with Gasteiger partial charge in [-0.3, -0.25) is 9.69 Å². The molecule has 2 rings (SSSR count). The molecular weight excluding hydrogens is 258 g/mol. The van der Waals surface area contributed by atoms with Gasteiger partial charge in [-0.2, -0.15) is 5.10 Å². The number of carbonyl (C=O) groups excluding carboxylic acids is 1. The van der Waals surface area contributed by atoms with Gasteiger partial charge in [-0.05, 0) is 37.3 Å². The van der Waals surface area contributed by atoms with E-state index in [-0.39, 0.29) is 11.5 Å². The maximum Gasteiger partial charge on any atom is 0.335 e. The quantitative estimate of drug-likeness (QED) is 0.924. The van der Waals surface area contributed by atoms with Gasteiger partial charge in [0, 0.05) is 6.92 Å². The second-order valence-corrected chi connectivity index (χ2v) is 4.24. The van der Waals surface area contributed by atoms with Crippen LogP contribution in [0.25, 0.3) is 0 Å². The summed E-state index contributed by atoms with van der Waals surface area (Å²) in [6.45, 7) is 3.18. The number of hydrogen-bond donors (Lipinski definition) is 1. The van der Waals surface area contributed by atoms with Crippen LogP contribution < -0.4 is 4.90 Å². The van der Waals surface area contributed by atoms with E-state index in [2.05, 4.69) is 10.2 Å². The smallest absolute Gasteiger partial charge is 0.335 e. The first kappa shape index (κ1) is 13.7. The van der Waals surface area contributed by atoms with E-state index in [0.29, 0.717) is 11.5 Å². The molecule has 1 N–H and O–H groups in total. The summed E-state index contributed by atoms with van der Waals surface area (Å²) in [5.41, 5.74) is 1.28. The van der Waals surface area contributed by atoms with Crippen molar-refractivity contribution in [1.82, 2.24) is 10.2 Å². The number of aromatic nitrogens is 2. The summed E-state index contributed by atoms with van der Waals surface area (Å²) in [6.07, 6.45) is 0. The second-order valence-electron chi connectivity index (χ2n) is 4.24. The average Bonchev–Trinajstić information content (AvgIpc) is 2.41. The first-order valence-electron chi connectivity index (χ1n) is 5.93. The molecule has 0 aliphatic rings. The van der Waals surface area contributed by atoms with E-state index in [0.717, 1.165) is 5.69 Å². The fraction of sp³-hybridized carbons (Fsp3) is 0.143. The van der Waals surface area contributed by atoms with Crippen molar-refractivity contribution in [3.63, 3.8) is 0 Å². The molecule has 1 heterocycles. The lowest BCUT2D eigenvalue weighted by atomic mass is 10.2. The molecule has 0 spiro atoms. The molecule has 0 aliphatic heterocycles. The molecule has 0 unspecified atom stereocenters. The normalized spacial score (nSPS) is 10.1. The van der Waals surface area contributed by atoms with Crippen molar-refractivity contribution < 1.29 is 14.7 Å². The Bertz CT molecular complexity index is 653. The molecule has 1 aromatic heterocycles. The SMILES string of the molecule is CC(=O)N(c1cccc(C(=O)O)c1)c1ccc(C)nn1. The minimum Gasteiger partial charge on any atom is -0.478 e. The van der Waals surface area contributed by atoms with Gasteiger partial charge in [0.15, 0.2) is 5.82 Å². The molecule has 2 aromatic rings. The van der Waals surface area contributed by atoms with Crippen LogP contribution in [0.1, 0.15) is 23.0 Å².